The lowest BCUT2D eigenvalue weighted by Crippen LogP contribution is -1.87. The second-order valence-electron chi connectivity index (χ2n) is 3.56. The molecule has 0 unspecified atom stereocenters. The third-order valence-electron chi connectivity index (χ3n) is 2.28. The van der Waals surface area contributed by atoms with Gasteiger partial charge in [0.25, 0.3) is 0 Å². The predicted molar refractivity (Wildman–Crippen MR) is 75.8 cm³/mol. The van der Waals surface area contributed by atoms with Crippen LogP contribution in [-0.2, 0) is 0 Å². The van der Waals surface area contributed by atoms with Gasteiger partial charge in [0.1, 0.15) is 11.8 Å². The van der Waals surface area contributed by atoms with E-state index in [9.17, 15) is 0 Å². The smallest absolute Gasteiger partial charge is 0.105 e. The molecule has 4 nitrogen and oxygen atoms in total. The molecule has 0 saturated carbocycles. The van der Waals surface area contributed by atoms with E-state index >= 15 is 0 Å². The lowest BCUT2D eigenvalue weighted by Gasteiger charge is -2.02. The summed E-state index contributed by atoms with van der Waals surface area (Å²) in [5.41, 5.74) is 4.17. The molecule has 2 aromatic carbocycles. The lowest BCUT2D eigenvalue weighted by molar-refractivity contribution is 1.13. The topological polar surface area (TPSA) is 60.5 Å². The number of hydrogen-bond donors (Lipinski definition) is 1. The number of benzene rings is 2. The molecule has 0 spiro atoms. The van der Waals surface area contributed by atoms with E-state index in [1.807, 2.05) is 6.07 Å². The van der Waals surface area contributed by atoms with Crippen LogP contribution in [0.15, 0.2) is 52.8 Å². The van der Waals surface area contributed by atoms with E-state index in [4.69, 9.17) is 28.5 Å². The maximum atomic E-state index is 8.90. The number of nitriles is 1. The summed E-state index contributed by atoms with van der Waals surface area (Å²) in [5, 5.41) is 17.7. The SMILES string of the molecule is N#Cc1ccccc1N=NNc1cc(Cl)ccc1Cl. The van der Waals surface area contributed by atoms with Crippen LogP contribution in [0.3, 0.4) is 0 Å². The van der Waals surface area contributed by atoms with E-state index in [-0.39, 0.29) is 0 Å². The average Bonchev–Trinajstić information content (AvgIpc) is 2.43. The number of anilines is 1. The molecule has 0 aliphatic rings. The highest BCUT2D eigenvalue weighted by Crippen LogP contribution is 2.26. The summed E-state index contributed by atoms with van der Waals surface area (Å²) in [7, 11) is 0. The zero-order valence-electron chi connectivity index (χ0n) is 9.64. The maximum Gasteiger partial charge on any atom is 0.105 e. The highest BCUT2D eigenvalue weighted by molar-refractivity contribution is 6.35. The molecule has 0 amide bonds. The minimum atomic E-state index is 0.449. The Balaban J connectivity index is 2.16. The van der Waals surface area contributed by atoms with Crippen molar-refractivity contribution in [2.45, 2.75) is 0 Å². The number of halogens is 2. The van der Waals surface area contributed by atoms with Crippen LogP contribution in [0, 0.1) is 11.3 Å². The standard InChI is InChI=1S/C13H8Cl2N4/c14-10-5-6-11(15)13(7-10)18-19-17-12-4-2-1-3-9(12)8-16/h1-7H,(H,17,18). The van der Waals surface area contributed by atoms with Gasteiger partial charge < -0.3 is 0 Å². The fourth-order valence-electron chi connectivity index (χ4n) is 1.37. The van der Waals surface area contributed by atoms with Gasteiger partial charge in [-0.3, -0.25) is 5.43 Å². The Labute approximate surface area is 120 Å². The molecule has 94 valence electrons. The minimum Gasteiger partial charge on any atom is -0.258 e. The Bertz CT molecular complexity index is 662. The lowest BCUT2D eigenvalue weighted by atomic mass is 10.2. The molecule has 2 aromatic rings. The van der Waals surface area contributed by atoms with Gasteiger partial charge in [-0.1, -0.05) is 40.6 Å². The second-order valence-corrected chi connectivity index (χ2v) is 4.41. The summed E-state index contributed by atoms with van der Waals surface area (Å²) in [6, 6.07) is 13.9. The van der Waals surface area contributed by atoms with E-state index in [0.29, 0.717) is 27.0 Å². The first-order chi connectivity index (χ1) is 9.20. The summed E-state index contributed by atoms with van der Waals surface area (Å²) in [6.45, 7) is 0. The number of nitrogens with one attached hydrogen (secondary N) is 1. The molecular formula is C13H8Cl2N4. The molecule has 0 fully saturated rings. The molecule has 0 radical (unpaired) electrons. The third kappa shape index (κ3) is 3.44. The van der Waals surface area contributed by atoms with Crippen LogP contribution in [0.1, 0.15) is 5.56 Å². The summed E-state index contributed by atoms with van der Waals surface area (Å²) in [5.74, 6) is 0. The predicted octanol–water partition coefficient (Wildman–Crippen LogP) is 4.98. The monoisotopic (exact) mass is 290 g/mol. The number of hydrogen-bond acceptors (Lipinski definition) is 3. The molecule has 0 aliphatic carbocycles. The highest BCUT2D eigenvalue weighted by Gasteiger charge is 2.01. The highest BCUT2D eigenvalue weighted by atomic mass is 35.5. The quantitative estimate of drug-likeness (QED) is 0.640. The van der Waals surface area contributed by atoms with Crippen LogP contribution in [0.2, 0.25) is 10.0 Å². The van der Waals surface area contributed by atoms with Crippen molar-refractivity contribution in [1.29, 1.82) is 5.26 Å². The van der Waals surface area contributed by atoms with Gasteiger partial charge in [-0.2, -0.15) is 5.26 Å². The van der Waals surface area contributed by atoms with E-state index in [0.717, 1.165) is 0 Å². The Kier molecular flexibility index (Phi) is 4.35. The van der Waals surface area contributed by atoms with E-state index in [1.54, 1.807) is 42.5 Å². The fourth-order valence-corrected chi connectivity index (χ4v) is 1.70. The zero-order valence-corrected chi connectivity index (χ0v) is 11.2. The van der Waals surface area contributed by atoms with Gasteiger partial charge in [0, 0.05) is 5.02 Å². The van der Waals surface area contributed by atoms with Crippen LogP contribution in [0.25, 0.3) is 0 Å². The molecule has 19 heavy (non-hydrogen) atoms. The molecule has 0 atom stereocenters. The first-order valence-electron chi connectivity index (χ1n) is 5.31. The van der Waals surface area contributed by atoms with Crippen LogP contribution in [0.5, 0.6) is 0 Å². The Morgan fingerprint density at radius 3 is 2.68 bits per heavy atom. The van der Waals surface area contributed by atoms with Gasteiger partial charge in [-0.25, -0.2) is 0 Å². The molecule has 0 saturated heterocycles. The first-order valence-corrected chi connectivity index (χ1v) is 6.07. The van der Waals surface area contributed by atoms with Crippen molar-refractivity contribution in [2.75, 3.05) is 5.43 Å². The van der Waals surface area contributed by atoms with Gasteiger partial charge in [-0.05, 0) is 30.3 Å². The summed E-state index contributed by atoms with van der Waals surface area (Å²) < 4.78 is 0. The first kappa shape index (κ1) is 13.3. The van der Waals surface area contributed by atoms with Crippen molar-refractivity contribution in [3.8, 4) is 6.07 Å². The maximum absolute atomic E-state index is 8.90. The van der Waals surface area contributed by atoms with Crippen LogP contribution >= 0.6 is 23.2 Å². The summed E-state index contributed by atoms with van der Waals surface area (Å²) in [4.78, 5) is 0. The largest absolute Gasteiger partial charge is 0.258 e. The van der Waals surface area contributed by atoms with Crippen LogP contribution < -0.4 is 5.43 Å². The number of rotatable bonds is 3. The molecule has 0 bridgehead atoms. The average molecular weight is 291 g/mol. The van der Waals surface area contributed by atoms with Crippen molar-refractivity contribution < 1.29 is 0 Å². The third-order valence-corrected chi connectivity index (χ3v) is 2.85. The normalized spacial score (nSPS) is 10.4. The molecule has 1 N–H and O–H groups in total. The second kappa shape index (κ2) is 6.19. The summed E-state index contributed by atoms with van der Waals surface area (Å²) in [6.07, 6.45) is 0. The van der Waals surface area contributed by atoms with E-state index < -0.39 is 0 Å². The molecule has 0 aromatic heterocycles. The van der Waals surface area contributed by atoms with Crippen molar-refractivity contribution in [1.82, 2.24) is 0 Å². The molecular weight excluding hydrogens is 283 g/mol. The molecule has 2 rings (SSSR count). The van der Waals surface area contributed by atoms with E-state index in [1.165, 1.54) is 0 Å². The summed E-state index contributed by atoms with van der Waals surface area (Å²) >= 11 is 11.8. The minimum absolute atomic E-state index is 0.449. The van der Waals surface area contributed by atoms with Gasteiger partial charge in [0.2, 0.25) is 0 Å². The fraction of sp³-hybridized carbons (Fsp3) is 0. The van der Waals surface area contributed by atoms with Crippen molar-refractivity contribution in [3.63, 3.8) is 0 Å². The Morgan fingerprint density at radius 1 is 1.11 bits per heavy atom. The van der Waals surface area contributed by atoms with Crippen molar-refractivity contribution in [2.24, 2.45) is 10.3 Å². The van der Waals surface area contributed by atoms with E-state index in [2.05, 4.69) is 15.8 Å². The van der Waals surface area contributed by atoms with Crippen LogP contribution in [0.4, 0.5) is 11.4 Å². The van der Waals surface area contributed by atoms with Crippen LogP contribution in [-0.4, -0.2) is 0 Å². The van der Waals surface area contributed by atoms with Crippen molar-refractivity contribution >= 4 is 34.6 Å². The molecule has 6 heteroatoms. The zero-order chi connectivity index (χ0) is 13.7. The number of nitrogens with zero attached hydrogens (tertiary/aromatic N) is 3. The Morgan fingerprint density at radius 2 is 1.89 bits per heavy atom. The van der Waals surface area contributed by atoms with Crippen molar-refractivity contribution in [3.05, 3.63) is 58.1 Å². The van der Waals surface area contributed by atoms with Gasteiger partial charge in [-0.15, -0.1) is 5.11 Å². The van der Waals surface area contributed by atoms with Gasteiger partial charge >= 0.3 is 0 Å². The van der Waals surface area contributed by atoms with Gasteiger partial charge in [0.15, 0.2) is 0 Å². The molecule has 0 heterocycles. The molecule has 0 aliphatic heterocycles. The van der Waals surface area contributed by atoms with Gasteiger partial charge in [0.05, 0.1) is 16.3 Å². The Hall–Kier alpha value is -2.09.